The van der Waals surface area contributed by atoms with Gasteiger partial charge in [-0.2, -0.15) is 13.9 Å². The number of para-hydroxylation sites is 1. The van der Waals surface area contributed by atoms with Crippen molar-refractivity contribution in [3.8, 4) is 5.75 Å². The van der Waals surface area contributed by atoms with E-state index < -0.39 is 12.5 Å². The Morgan fingerprint density at radius 1 is 0.906 bits per heavy atom. The summed E-state index contributed by atoms with van der Waals surface area (Å²) in [6.45, 7) is -1.05. The van der Waals surface area contributed by atoms with Crippen molar-refractivity contribution in [2.75, 3.05) is 26.2 Å². The summed E-state index contributed by atoms with van der Waals surface area (Å²) in [7, 11) is 0. The van der Waals surface area contributed by atoms with E-state index >= 15 is 0 Å². The molecule has 0 spiro atoms. The molecule has 9 heteroatoms. The lowest BCUT2D eigenvalue weighted by atomic mass is 10.1. The number of halogens is 2. The fourth-order valence-corrected chi connectivity index (χ4v) is 3.64. The highest BCUT2D eigenvalue weighted by molar-refractivity contribution is 5.97. The van der Waals surface area contributed by atoms with Crippen LogP contribution in [0.1, 0.15) is 26.3 Å². The van der Waals surface area contributed by atoms with Gasteiger partial charge >= 0.3 is 6.61 Å². The molecule has 0 N–H and O–H groups in total. The van der Waals surface area contributed by atoms with Crippen LogP contribution in [-0.4, -0.2) is 64.2 Å². The van der Waals surface area contributed by atoms with Crippen LogP contribution in [0.2, 0.25) is 0 Å². The van der Waals surface area contributed by atoms with Gasteiger partial charge in [-0.15, -0.1) is 0 Å². The number of benzene rings is 2. The number of hydrogen-bond acceptors (Lipinski definition) is 4. The first-order valence-electron chi connectivity index (χ1n) is 10.2. The van der Waals surface area contributed by atoms with Crippen molar-refractivity contribution in [1.29, 1.82) is 0 Å². The van der Waals surface area contributed by atoms with Crippen LogP contribution in [0.25, 0.3) is 0 Å². The predicted octanol–water partition coefficient (Wildman–Crippen LogP) is 3.13. The maximum Gasteiger partial charge on any atom is 0.387 e. The Kier molecular flexibility index (Phi) is 6.44. The summed E-state index contributed by atoms with van der Waals surface area (Å²) in [5, 5.41) is 4.17. The summed E-state index contributed by atoms with van der Waals surface area (Å²) in [5.74, 6) is -0.651. The number of piperazine rings is 1. The van der Waals surface area contributed by atoms with E-state index in [0.29, 0.717) is 38.3 Å². The van der Waals surface area contributed by atoms with Gasteiger partial charge in [-0.3, -0.25) is 14.3 Å². The first kappa shape index (κ1) is 21.5. The Hall–Kier alpha value is -3.75. The zero-order valence-electron chi connectivity index (χ0n) is 17.2. The second-order valence-electron chi connectivity index (χ2n) is 7.36. The molecule has 4 rings (SSSR count). The van der Waals surface area contributed by atoms with Crippen LogP contribution >= 0.6 is 0 Å². The molecule has 0 atom stereocenters. The molecule has 1 fully saturated rings. The van der Waals surface area contributed by atoms with Crippen molar-refractivity contribution in [2.24, 2.45) is 0 Å². The smallest absolute Gasteiger partial charge is 0.387 e. The van der Waals surface area contributed by atoms with E-state index in [0.717, 1.165) is 5.56 Å². The highest BCUT2D eigenvalue weighted by Crippen LogP contribution is 2.23. The van der Waals surface area contributed by atoms with Crippen molar-refractivity contribution in [3.05, 3.63) is 83.7 Å². The Labute approximate surface area is 183 Å². The number of rotatable bonds is 6. The molecule has 0 aliphatic carbocycles. The van der Waals surface area contributed by atoms with Crippen LogP contribution in [-0.2, 0) is 6.54 Å². The summed E-state index contributed by atoms with van der Waals surface area (Å²) >= 11 is 0. The third-order valence-electron chi connectivity index (χ3n) is 5.29. The molecule has 0 radical (unpaired) electrons. The Morgan fingerprint density at radius 2 is 1.56 bits per heavy atom. The minimum Gasteiger partial charge on any atom is -0.434 e. The van der Waals surface area contributed by atoms with Crippen molar-refractivity contribution in [2.45, 2.75) is 13.2 Å². The average Bonchev–Trinajstić information content (AvgIpc) is 3.32. The van der Waals surface area contributed by atoms with Crippen molar-refractivity contribution in [3.63, 3.8) is 0 Å². The van der Waals surface area contributed by atoms with E-state index in [9.17, 15) is 18.4 Å². The van der Waals surface area contributed by atoms with E-state index in [1.807, 2.05) is 24.4 Å². The fourth-order valence-electron chi connectivity index (χ4n) is 3.64. The number of carbonyl (C=O) groups is 2. The van der Waals surface area contributed by atoms with E-state index in [1.165, 1.54) is 18.2 Å². The van der Waals surface area contributed by atoms with Gasteiger partial charge in [-0.25, -0.2) is 0 Å². The SMILES string of the molecule is O=C(c1ccc(Cn2cccn2)cc1)N1CCN(C(=O)c2ccccc2OC(F)F)CC1. The topological polar surface area (TPSA) is 67.7 Å². The molecule has 3 aromatic rings. The lowest BCUT2D eigenvalue weighted by Crippen LogP contribution is -2.50. The number of hydrogen-bond donors (Lipinski definition) is 0. The molecular formula is C23H22F2N4O3. The first-order chi connectivity index (χ1) is 15.5. The maximum atomic E-state index is 12.9. The minimum atomic E-state index is -3.01. The number of carbonyl (C=O) groups excluding carboxylic acids is 2. The molecule has 1 aliphatic rings. The van der Waals surface area contributed by atoms with Gasteiger partial charge in [0.25, 0.3) is 11.8 Å². The fraction of sp³-hybridized carbons (Fsp3) is 0.261. The molecule has 2 aromatic carbocycles. The summed E-state index contributed by atoms with van der Waals surface area (Å²) in [4.78, 5) is 28.9. The highest BCUT2D eigenvalue weighted by Gasteiger charge is 2.27. The molecule has 0 bridgehead atoms. The molecule has 1 aliphatic heterocycles. The molecule has 32 heavy (non-hydrogen) atoms. The van der Waals surface area contributed by atoms with Gasteiger partial charge in [-0.1, -0.05) is 24.3 Å². The Bertz CT molecular complexity index is 1060. The summed E-state index contributed by atoms with van der Waals surface area (Å²) < 4.78 is 31.5. The van der Waals surface area contributed by atoms with Crippen LogP contribution in [0, 0.1) is 0 Å². The molecule has 166 valence electrons. The van der Waals surface area contributed by atoms with Crippen molar-refractivity contribution in [1.82, 2.24) is 19.6 Å². The largest absolute Gasteiger partial charge is 0.434 e. The number of nitrogens with zero attached hydrogens (tertiary/aromatic N) is 4. The number of alkyl halides is 2. The van der Waals surface area contributed by atoms with Crippen molar-refractivity contribution >= 4 is 11.8 Å². The zero-order valence-corrected chi connectivity index (χ0v) is 17.2. The zero-order chi connectivity index (χ0) is 22.5. The van der Waals surface area contributed by atoms with Crippen LogP contribution in [0.5, 0.6) is 5.75 Å². The number of aromatic nitrogens is 2. The molecule has 0 saturated carbocycles. The molecular weight excluding hydrogens is 418 g/mol. The maximum absolute atomic E-state index is 12.9. The second kappa shape index (κ2) is 9.59. The first-order valence-corrected chi connectivity index (χ1v) is 10.2. The third-order valence-corrected chi connectivity index (χ3v) is 5.29. The Balaban J connectivity index is 1.35. The second-order valence-corrected chi connectivity index (χ2v) is 7.36. The van der Waals surface area contributed by atoms with Crippen LogP contribution < -0.4 is 4.74 Å². The lowest BCUT2D eigenvalue weighted by Gasteiger charge is -2.35. The van der Waals surface area contributed by atoms with Crippen LogP contribution in [0.4, 0.5) is 8.78 Å². The molecule has 2 heterocycles. The minimum absolute atomic E-state index is 0.0837. The standard InChI is InChI=1S/C23H22F2N4O3/c24-23(25)32-20-5-2-1-4-19(20)22(31)28-14-12-27(13-15-28)21(30)18-8-6-17(7-9-18)16-29-11-3-10-26-29/h1-11,23H,12-16H2. The van der Waals surface area contributed by atoms with Gasteiger partial charge in [0.2, 0.25) is 0 Å². The quantitative estimate of drug-likeness (QED) is 0.591. The van der Waals surface area contributed by atoms with Crippen LogP contribution in [0.15, 0.2) is 67.0 Å². The number of amides is 2. The third kappa shape index (κ3) is 4.93. The molecule has 1 aromatic heterocycles. The highest BCUT2D eigenvalue weighted by atomic mass is 19.3. The normalized spacial score (nSPS) is 14.0. The van der Waals surface area contributed by atoms with E-state index in [2.05, 4.69) is 9.84 Å². The predicted molar refractivity (Wildman–Crippen MR) is 113 cm³/mol. The monoisotopic (exact) mass is 440 g/mol. The average molecular weight is 440 g/mol. The van der Waals surface area contributed by atoms with Gasteiger partial charge in [-0.05, 0) is 35.9 Å². The lowest BCUT2D eigenvalue weighted by molar-refractivity contribution is -0.0503. The van der Waals surface area contributed by atoms with Crippen LogP contribution in [0.3, 0.4) is 0 Å². The molecule has 7 nitrogen and oxygen atoms in total. The van der Waals surface area contributed by atoms with E-state index in [-0.39, 0.29) is 17.2 Å². The summed E-state index contributed by atoms with van der Waals surface area (Å²) in [6, 6.07) is 15.2. The van der Waals surface area contributed by atoms with Gasteiger partial charge in [0.05, 0.1) is 12.1 Å². The van der Waals surface area contributed by atoms with Gasteiger partial charge < -0.3 is 14.5 Å². The van der Waals surface area contributed by atoms with Crippen molar-refractivity contribution < 1.29 is 23.1 Å². The number of ether oxygens (including phenoxy) is 1. The Morgan fingerprint density at radius 3 is 2.19 bits per heavy atom. The van der Waals surface area contributed by atoms with Gasteiger partial charge in [0.1, 0.15) is 5.75 Å². The van der Waals surface area contributed by atoms with E-state index in [4.69, 9.17) is 0 Å². The summed E-state index contributed by atoms with van der Waals surface area (Å²) in [6.07, 6.45) is 3.59. The van der Waals surface area contributed by atoms with E-state index in [1.54, 1.807) is 38.9 Å². The summed E-state index contributed by atoms with van der Waals surface area (Å²) in [5.41, 5.74) is 1.69. The van der Waals surface area contributed by atoms with Gasteiger partial charge in [0.15, 0.2) is 0 Å². The molecule has 0 unspecified atom stereocenters. The van der Waals surface area contributed by atoms with Gasteiger partial charge in [0, 0.05) is 44.1 Å². The molecule has 2 amide bonds. The molecule has 1 saturated heterocycles.